The van der Waals surface area contributed by atoms with E-state index in [1.807, 2.05) is 6.08 Å². The van der Waals surface area contributed by atoms with Gasteiger partial charge in [-0.3, -0.25) is 4.79 Å². The van der Waals surface area contributed by atoms with Crippen LogP contribution in [0, 0.1) is 5.92 Å². The Morgan fingerprint density at radius 1 is 1.33 bits per heavy atom. The van der Waals surface area contributed by atoms with Crippen molar-refractivity contribution in [2.24, 2.45) is 5.92 Å². The number of nitrogens with one attached hydrogen (secondary N) is 1. The zero-order valence-electron chi connectivity index (χ0n) is 11.7. The third-order valence-electron chi connectivity index (χ3n) is 4.12. The molecule has 2 aliphatic rings. The third-order valence-corrected chi connectivity index (χ3v) is 5.87. The smallest absolute Gasteiger partial charge is 0.228 e. The quantitative estimate of drug-likeness (QED) is 0.859. The Hall–Kier alpha value is -1.63. The normalized spacial score (nSPS) is 27.6. The largest absolute Gasteiger partial charge is 0.311 e. The minimum atomic E-state index is -2.97. The molecule has 1 amide bonds. The first-order chi connectivity index (χ1) is 10.1. The van der Waals surface area contributed by atoms with Crippen molar-refractivity contribution in [3.63, 3.8) is 0 Å². The maximum Gasteiger partial charge on any atom is 0.228 e. The van der Waals surface area contributed by atoms with Crippen molar-refractivity contribution in [3.8, 4) is 0 Å². The summed E-state index contributed by atoms with van der Waals surface area (Å²) in [6.45, 7) is 0. The molecular weight excluding hydrogens is 290 g/mol. The number of hydrogen-bond donors (Lipinski definition) is 1. The molecule has 7 heteroatoms. The summed E-state index contributed by atoms with van der Waals surface area (Å²) in [5, 5.41) is 7.08. The highest BCUT2D eigenvalue weighted by atomic mass is 32.2. The molecule has 0 aromatic carbocycles. The van der Waals surface area contributed by atoms with Crippen LogP contribution < -0.4 is 5.32 Å². The van der Waals surface area contributed by atoms with Gasteiger partial charge in [-0.2, -0.15) is 5.10 Å². The SMILES string of the molecule is O=C(Nc1ccnn1[C@H]1CCS(=O)(=O)C1)[C@@H]1CC=CCC1. The average Bonchev–Trinajstić information content (AvgIpc) is 3.06. The Balaban J connectivity index is 1.71. The second kappa shape index (κ2) is 5.63. The fourth-order valence-electron chi connectivity index (χ4n) is 2.93. The van der Waals surface area contributed by atoms with Gasteiger partial charge in [0.25, 0.3) is 0 Å². The number of aromatic nitrogens is 2. The van der Waals surface area contributed by atoms with Crippen LogP contribution in [-0.4, -0.2) is 35.6 Å². The minimum absolute atomic E-state index is 0.00865. The fraction of sp³-hybridized carbons (Fsp3) is 0.571. The summed E-state index contributed by atoms with van der Waals surface area (Å²) in [6.07, 6.45) is 8.83. The van der Waals surface area contributed by atoms with Gasteiger partial charge in [0.2, 0.25) is 5.91 Å². The molecule has 1 saturated heterocycles. The van der Waals surface area contributed by atoms with E-state index in [1.54, 1.807) is 16.9 Å². The number of amides is 1. The lowest BCUT2D eigenvalue weighted by atomic mass is 9.94. The zero-order valence-corrected chi connectivity index (χ0v) is 12.6. The Bertz CT molecular complexity index is 663. The van der Waals surface area contributed by atoms with Crippen LogP contribution in [0.1, 0.15) is 31.7 Å². The first kappa shape index (κ1) is 14.3. The Labute approximate surface area is 124 Å². The summed E-state index contributed by atoms with van der Waals surface area (Å²) >= 11 is 0. The van der Waals surface area contributed by atoms with Crippen LogP contribution >= 0.6 is 0 Å². The maximum absolute atomic E-state index is 12.3. The van der Waals surface area contributed by atoms with Crippen LogP contribution in [0.3, 0.4) is 0 Å². The molecule has 0 saturated carbocycles. The molecule has 0 spiro atoms. The number of allylic oxidation sites excluding steroid dienone is 2. The monoisotopic (exact) mass is 309 g/mol. The molecule has 1 N–H and O–H groups in total. The molecule has 1 fully saturated rings. The molecule has 3 rings (SSSR count). The van der Waals surface area contributed by atoms with Gasteiger partial charge >= 0.3 is 0 Å². The van der Waals surface area contributed by atoms with E-state index in [1.165, 1.54) is 0 Å². The highest BCUT2D eigenvalue weighted by Gasteiger charge is 2.31. The molecule has 6 nitrogen and oxygen atoms in total. The number of anilines is 1. The van der Waals surface area contributed by atoms with Crippen molar-refractivity contribution >= 4 is 21.6 Å². The van der Waals surface area contributed by atoms with Crippen molar-refractivity contribution in [2.45, 2.75) is 31.7 Å². The van der Waals surface area contributed by atoms with Gasteiger partial charge < -0.3 is 5.32 Å². The van der Waals surface area contributed by atoms with Gasteiger partial charge in [0.05, 0.1) is 23.7 Å². The summed E-state index contributed by atoms with van der Waals surface area (Å²) in [5.74, 6) is 0.867. The topological polar surface area (TPSA) is 81.1 Å². The lowest BCUT2D eigenvalue weighted by Crippen LogP contribution is -2.26. The highest BCUT2D eigenvalue weighted by Crippen LogP contribution is 2.27. The molecule has 0 unspecified atom stereocenters. The zero-order chi connectivity index (χ0) is 14.9. The Morgan fingerprint density at radius 3 is 2.86 bits per heavy atom. The molecule has 1 aliphatic heterocycles. The van der Waals surface area contributed by atoms with Gasteiger partial charge in [0.15, 0.2) is 9.84 Å². The molecule has 0 radical (unpaired) electrons. The lowest BCUT2D eigenvalue weighted by Gasteiger charge is -2.19. The molecule has 2 atom stereocenters. The van der Waals surface area contributed by atoms with Crippen LogP contribution in [0.4, 0.5) is 5.82 Å². The van der Waals surface area contributed by atoms with Crippen LogP contribution in [0.25, 0.3) is 0 Å². The molecular formula is C14H19N3O3S. The summed E-state index contributed by atoms with van der Waals surface area (Å²) in [5.41, 5.74) is 0. The lowest BCUT2D eigenvalue weighted by molar-refractivity contribution is -0.120. The van der Waals surface area contributed by atoms with E-state index in [0.717, 1.165) is 19.3 Å². The van der Waals surface area contributed by atoms with E-state index < -0.39 is 9.84 Å². The number of carbonyl (C=O) groups excluding carboxylic acids is 1. The average molecular weight is 309 g/mol. The van der Waals surface area contributed by atoms with E-state index in [0.29, 0.717) is 12.2 Å². The first-order valence-corrected chi connectivity index (χ1v) is 9.07. The van der Waals surface area contributed by atoms with Gasteiger partial charge in [-0.1, -0.05) is 12.2 Å². The predicted octanol–water partition coefficient (Wildman–Crippen LogP) is 1.54. The number of rotatable bonds is 3. The Kier molecular flexibility index (Phi) is 3.84. The van der Waals surface area contributed by atoms with Crippen molar-refractivity contribution in [1.29, 1.82) is 0 Å². The van der Waals surface area contributed by atoms with Gasteiger partial charge in [-0.15, -0.1) is 0 Å². The van der Waals surface area contributed by atoms with Crippen LogP contribution in [0.15, 0.2) is 24.4 Å². The highest BCUT2D eigenvalue weighted by molar-refractivity contribution is 7.91. The molecule has 114 valence electrons. The molecule has 1 aliphatic carbocycles. The van der Waals surface area contributed by atoms with Gasteiger partial charge in [-0.05, 0) is 25.7 Å². The fourth-order valence-corrected chi connectivity index (χ4v) is 4.62. The number of hydrogen-bond acceptors (Lipinski definition) is 4. The third kappa shape index (κ3) is 3.18. The van der Waals surface area contributed by atoms with Crippen molar-refractivity contribution < 1.29 is 13.2 Å². The summed E-state index contributed by atoms with van der Waals surface area (Å²) in [7, 11) is -2.97. The van der Waals surface area contributed by atoms with Gasteiger partial charge in [0.1, 0.15) is 5.82 Å². The predicted molar refractivity (Wildman–Crippen MR) is 79.6 cm³/mol. The standard InChI is InChI=1S/C14H19N3O3S/c18-14(11-4-2-1-3-5-11)16-13-6-8-15-17(13)12-7-9-21(19,20)10-12/h1-2,6,8,11-12H,3-5,7,9-10H2,(H,16,18)/t11-,12+/m1/s1. The maximum atomic E-state index is 12.3. The summed E-state index contributed by atoms with van der Waals surface area (Å²) in [4.78, 5) is 12.3. The van der Waals surface area contributed by atoms with Crippen molar-refractivity contribution in [3.05, 3.63) is 24.4 Å². The van der Waals surface area contributed by atoms with Gasteiger partial charge in [0, 0.05) is 12.0 Å². The number of sulfone groups is 1. The molecule has 1 aromatic rings. The van der Waals surface area contributed by atoms with E-state index in [9.17, 15) is 13.2 Å². The van der Waals surface area contributed by atoms with Crippen molar-refractivity contribution in [2.75, 3.05) is 16.8 Å². The van der Waals surface area contributed by atoms with Crippen LogP contribution in [0.2, 0.25) is 0 Å². The first-order valence-electron chi connectivity index (χ1n) is 7.25. The Morgan fingerprint density at radius 2 is 2.19 bits per heavy atom. The number of carbonyl (C=O) groups is 1. The minimum Gasteiger partial charge on any atom is -0.311 e. The van der Waals surface area contributed by atoms with Crippen LogP contribution in [-0.2, 0) is 14.6 Å². The van der Waals surface area contributed by atoms with E-state index >= 15 is 0 Å². The van der Waals surface area contributed by atoms with E-state index in [-0.39, 0.29) is 29.4 Å². The van der Waals surface area contributed by atoms with E-state index in [2.05, 4.69) is 16.5 Å². The molecule has 0 bridgehead atoms. The molecule has 21 heavy (non-hydrogen) atoms. The number of nitrogens with zero attached hydrogens (tertiary/aromatic N) is 2. The van der Waals surface area contributed by atoms with Gasteiger partial charge in [-0.25, -0.2) is 13.1 Å². The summed E-state index contributed by atoms with van der Waals surface area (Å²) in [6, 6.07) is 1.55. The summed E-state index contributed by atoms with van der Waals surface area (Å²) < 4.78 is 24.8. The second-order valence-electron chi connectivity index (χ2n) is 5.69. The molecule has 1 aromatic heterocycles. The van der Waals surface area contributed by atoms with E-state index in [4.69, 9.17) is 0 Å². The van der Waals surface area contributed by atoms with Crippen LogP contribution in [0.5, 0.6) is 0 Å². The molecule has 2 heterocycles. The second-order valence-corrected chi connectivity index (χ2v) is 7.92. The van der Waals surface area contributed by atoms with Crippen molar-refractivity contribution in [1.82, 2.24) is 9.78 Å².